The second kappa shape index (κ2) is 16.3. The molecule has 0 saturated heterocycles. The van der Waals surface area contributed by atoms with Gasteiger partial charge in [-0.2, -0.15) is 0 Å². The molecular formula is C16H22Br2ClFeN3O4. The molecule has 0 saturated carbocycles. The number of nitro groups is 1. The SMILES string of the molecule is COCc1cc(N)ccc1Br.COCc1cc([N+](=O)[O-])ccc1Br.Cl.N.[Fe]. The summed E-state index contributed by atoms with van der Waals surface area (Å²) in [6, 6.07) is 10.3. The van der Waals surface area contributed by atoms with Gasteiger partial charge in [0.15, 0.2) is 0 Å². The van der Waals surface area contributed by atoms with E-state index in [9.17, 15) is 10.1 Å². The van der Waals surface area contributed by atoms with Crippen LogP contribution in [0.5, 0.6) is 0 Å². The van der Waals surface area contributed by atoms with Crippen molar-refractivity contribution < 1.29 is 31.5 Å². The van der Waals surface area contributed by atoms with Gasteiger partial charge in [0.05, 0.1) is 18.1 Å². The molecule has 0 amide bonds. The molecule has 7 nitrogen and oxygen atoms in total. The van der Waals surface area contributed by atoms with Gasteiger partial charge in [-0.1, -0.05) is 31.9 Å². The molecule has 0 aliphatic carbocycles. The van der Waals surface area contributed by atoms with E-state index >= 15 is 0 Å². The quantitative estimate of drug-likeness (QED) is 0.219. The van der Waals surface area contributed by atoms with Crippen LogP contribution >= 0.6 is 44.3 Å². The molecule has 154 valence electrons. The number of hydrogen-bond donors (Lipinski definition) is 2. The summed E-state index contributed by atoms with van der Waals surface area (Å²) in [4.78, 5) is 9.99. The van der Waals surface area contributed by atoms with Gasteiger partial charge in [0.25, 0.3) is 5.69 Å². The summed E-state index contributed by atoms with van der Waals surface area (Å²) < 4.78 is 11.7. The number of nitrogens with zero attached hydrogens (tertiary/aromatic N) is 1. The minimum absolute atomic E-state index is 0. The molecule has 5 N–H and O–H groups in total. The first kappa shape index (κ1) is 31.0. The first-order chi connectivity index (χ1) is 11.4. The van der Waals surface area contributed by atoms with Crippen LogP contribution in [-0.4, -0.2) is 19.1 Å². The van der Waals surface area contributed by atoms with Crippen molar-refractivity contribution in [3.63, 3.8) is 0 Å². The van der Waals surface area contributed by atoms with Crippen LogP contribution in [0.4, 0.5) is 11.4 Å². The Bertz CT molecular complexity index is 711. The molecule has 27 heavy (non-hydrogen) atoms. The molecule has 11 heteroatoms. The van der Waals surface area contributed by atoms with E-state index in [4.69, 9.17) is 15.2 Å². The van der Waals surface area contributed by atoms with Crippen LogP contribution in [0.15, 0.2) is 45.3 Å². The molecule has 0 aliphatic rings. The molecular weight excluding hydrogens is 549 g/mol. The number of methoxy groups -OCH3 is 2. The number of anilines is 1. The predicted molar refractivity (Wildman–Crippen MR) is 113 cm³/mol. The summed E-state index contributed by atoms with van der Waals surface area (Å²) in [6.45, 7) is 0.952. The average molecular weight is 571 g/mol. The van der Waals surface area contributed by atoms with Gasteiger partial charge in [-0.05, 0) is 35.4 Å². The smallest absolute Gasteiger partial charge is 0.269 e. The number of nitrogens with two attached hydrogens (primary N) is 1. The molecule has 0 aromatic heterocycles. The van der Waals surface area contributed by atoms with Crippen LogP contribution in [0.2, 0.25) is 0 Å². The predicted octanol–water partition coefficient (Wildman–Crippen LogP) is 5.26. The van der Waals surface area contributed by atoms with Crippen LogP contribution in [-0.2, 0) is 39.8 Å². The number of nitrogen functional groups attached to an aromatic ring is 1. The zero-order valence-corrected chi connectivity index (χ0v) is 19.9. The molecule has 0 unspecified atom stereocenters. The number of non-ortho nitro benzene ring substituents is 1. The Hall–Kier alpha value is -0.711. The third kappa shape index (κ3) is 11.0. The summed E-state index contributed by atoms with van der Waals surface area (Å²) in [5.41, 5.74) is 8.28. The maximum absolute atomic E-state index is 10.4. The van der Waals surface area contributed by atoms with Crippen LogP contribution < -0.4 is 11.9 Å². The van der Waals surface area contributed by atoms with E-state index in [0.29, 0.717) is 13.2 Å². The Kier molecular flexibility index (Phi) is 18.7. The fourth-order valence-electron chi connectivity index (χ4n) is 1.80. The van der Waals surface area contributed by atoms with Crippen molar-refractivity contribution in [3.8, 4) is 0 Å². The summed E-state index contributed by atoms with van der Waals surface area (Å²) in [6.07, 6.45) is 0. The summed E-state index contributed by atoms with van der Waals surface area (Å²) in [5.74, 6) is 0. The van der Waals surface area contributed by atoms with Gasteiger partial charge in [-0.15, -0.1) is 12.4 Å². The Morgan fingerprint density at radius 3 is 1.89 bits per heavy atom. The third-order valence-corrected chi connectivity index (χ3v) is 4.46. The summed E-state index contributed by atoms with van der Waals surface area (Å²) in [5, 5.41) is 10.4. The first-order valence-corrected chi connectivity index (χ1v) is 8.42. The van der Waals surface area contributed by atoms with Gasteiger partial charge < -0.3 is 21.4 Å². The van der Waals surface area contributed by atoms with Crippen LogP contribution in [0.3, 0.4) is 0 Å². The second-order valence-corrected chi connectivity index (χ2v) is 6.46. The van der Waals surface area contributed by atoms with Crippen LogP contribution in [0.25, 0.3) is 0 Å². The van der Waals surface area contributed by atoms with Gasteiger partial charge in [-0.25, -0.2) is 0 Å². The molecule has 0 spiro atoms. The van der Waals surface area contributed by atoms with Gasteiger partial charge in [-0.3, -0.25) is 10.1 Å². The largest absolute Gasteiger partial charge is 0.399 e. The maximum atomic E-state index is 10.4. The maximum Gasteiger partial charge on any atom is 0.269 e. The number of rotatable bonds is 5. The Labute approximate surface area is 192 Å². The Morgan fingerprint density at radius 1 is 1.00 bits per heavy atom. The third-order valence-electron chi connectivity index (χ3n) is 2.91. The van der Waals surface area contributed by atoms with Crippen molar-refractivity contribution in [1.82, 2.24) is 6.15 Å². The number of nitro benzene ring substituents is 1. The van der Waals surface area contributed by atoms with Crippen LogP contribution in [0.1, 0.15) is 11.1 Å². The standard InChI is InChI=1S/C8H8BrNO3.C8H10BrNO.ClH.Fe.H3N/c1-13-5-6-4-7(10(11)12)2-3-8(6)9;1-11-5-6-4-7(10)2-3-8(6)9;;;/h2-4H,5H2,1H3;2-4H,5,10H2,1H3;1H;;1H3. The number of hydrogen-bond acceptors (Lipinski definition) is 6. The summed E-state index contributed by atoms with van der Waals surface area (Å²) in [7, 11) is 3.21. The van der Waals surface area contributed by atoms with Crippen molar-refractivity contribution in [2.45, 2.75) is 13.2 Å². The van der Waals surface area contributed by atoms with Crippen molar-refractivity contribution in [2.24, 2.45) is 0 Å². The average Bonchev–Trinajstić information content (AvgIpc) is 2.54. The number of halogens is 3. The molecule has 0 aliphatic heterocycles. The fraction of sp³-hybridized carbons (Fsp3) is 0.250. The zero-order valence-electron chi connectivity index (χ0n) is 14.8. The Balaban J connectivity index is -0.000000388. The van der Waals surface area contributed by atoms with Crippen molar-refractivity contribution in [3.05, 3.63) is 66.6 Å². The first-order valence-electron chi connectivity index (χ1n) is 6.83. The normalized spacial score (nSPS) is 8.89. The topological polar surface area (TPSA) is 123 Å². The van der Waals surface area contributed by atoms with E-state index in [1.54, 1.807) is 20.3 Å². The van der Waals surface area contributed by atoms with E-state index in [1.165, 1.54) is 12.1 Å². The number of ether oxygens (including phenoxy) is 2. The van der Waals surface area contributed by atoms with Gasteiger partial charge >= 0.3 is 0 Å². The van der Waals surface area contributed by atoms with Crippen molar-refractivity contribution in [2.75, 3.05) is 20.0 Å². The van der Waals surface area contributed by atoms with Gasteiger partial charge in [0.2, 0.25) is 0 Å². The fourth-order valence-corrected chi connectivity index (χ4v) is 2.52. The molecule has 0 fully saturated rings. The minimum Gasteiger partial charge on any atom is -0.399 e. The zero-order chi connectivity index (χ0) is 18.1. The molecule has 0 atom stereocenters. The van der Waals surface area contributed by atoms with Gasteiger partial charge in [0.1, 0.15) is 0 Å². The van der Waals surface area contributed by atoms with E-state index < -0.39 is 4.92 Å². The summed E-state index contributed by atoms with van der Waals surface area (Å²) >= 11 is 6.67. The molecule has 2 aromatic rings. The number of benzene rings is 2. The Morgan fingerprint density at radius 2 is 1.44 bits per heavy atom. The van der Waals surface area contributed by atoms with Crippen molar-refractivity contribution in [1.29, 1.82) is 0 Å². The monoisotopic (exact) mass is 569 g/mol. The minimum atomic E-state index is -0.425. The van der Waals surface area contributed by atoms with E-state index in [1.807, 2.05) is 18.2 Å². The van der Waals surface area contributed by atoms with Crippen LogP contribution in [0, 0.1) is 10.1 Å². The molecule has 0 radical (unpaired) electrons. The van der Waals surface area contributed by atoms with E-state index in [-0.39, 0.29) is 41.3 Å². The molecule has 0 heterocycles. The van der Waals surface area contributed by atoms with E-state index in [0.717, 1.165) is 25.8 Å². The molecule has 2 rings (SSSR count). The molecule has 0 bridgehead atoms. The molecule has 2 aromatic carbocycles. The van der Waals surface area contributed by atoms with E-state index in [2.05, 4.69) is 31.9 Å². The van der Waals surface area contributed by atoms with Gasteiger partial charge in [0, 0.05) is 58.1 Å². The second-order valence-electron chi connectivity index (χ2n) is 4.75. The van der Waals surface area contributed by atoms with Crippen molar-refractivity contribution >= 4 is 55.6 Å².